The molecule has 0 aliphatic heterocycles. The van der Waals surface area contributed by atoms with E-state index in [1.807, 2.05) is 0 Å². The Bertz CT molecular complexity index is 1860. The molecule has 3 aliphatic carbocycles. The van der Waals surface area contributed by atoms with Crippen LogP contribution >= 0.6 is 0 Å². The van der Waals surface area contributed by atoms with Crippen molar-refractivity contribution in [3.05, 3.63) is 178 Å². The number of hydrogen-bond donors (Lipinski definition) is 0. The van der Waals surface area contributed by atoms with Crippen LogP contribution in [0.5, 0.6) is 0 Å². The normalized spacial score (nSPS) is 17.9. The van der Waals surface area contributed by atoms with Crippen LogP contribution in [0, 0.1) is 5.92 Å². The smallest absolute Gasteiger partial charge is 0.0647 e. The number of fused-ring (bicyclic) bond motifs is 7. The van der Waals surface area contributed by atoms with E-state index in [1.165, 1.54) is 60.5 Å². The van der Waals surface area contributed by atoms with E-state index >= 15 is 0 Å². The summed E-state index contributed by atoms with van der Waals surface area (Å²) in [4.78, 5) is 0. The first-order chi connectivity index (χ1) is 18.8. The third-order valence-corrected chi connectivity index (χ3v) is 8.52. The molecule has 8 rings (SSSR count). The van der Waals surface area contributed by atoms with E-state index < -0.39 is 0 Å². The van der Waals surface area contributed by atoms with E-state index in [4.69, 9.17) is 0 Å². The molecule has 0 aromatic heterocycles. The molecule has 0 heteroatoms. The lowest BCUT2D eigenvalue weighted by atomic mass is 9.60. The van der Waals surface area contributed by atoms with Gasteiger partial charge in [0, 0.05) is 5.92 Å². The van der Waals surface area contributed by atoms with Crippen LogP contribution in [-0.2, 0) is 5.41 Å². The van der Waals surface area contributed by atoms with Crippen LogP contribution in [0.4, 0.5) is 0 Å². The van der Waals surface area contributed by atoms with Gasteiger partial charge in [0.1, 0.15) is 0 Å². The van der Waals surface area contributed by atoms with Crippen molar-refractivity contribution < 1.29 is 0 Å². The van der Waals surface area contributed by atoms with Gasteiger partial charge < -0.3 is 0 Å². The number of benzene rings is 5. The Morgan fingerprint density at radius 1 is 0.474 bits per heavy atom. The lowest BCUT2D eigenvalue weighted by Crippen LogP contribution is -2.36. The lowest BCUT2D eigenvalue weighted by Gasteiger charge is -2.42. The minimum absolute atomic E-state index is 0.174. The molecule has 38 heavy (non-hydrogen) atoms. The standard InChI is InChI=1S/C38H26/c1-3-13-26(14-4-1)36-33-24-29-18-8-7-17-28(29)23-30(33)25-38(37(36)27-15-5-2-6-16-27)34-21-11-9-19-31(34)32-20-10-12-22-35(32)38/h1-25,33H. The minimum atomic E-state index is -0.387. The van der Waals surface area contributed by atoms with Crippen LogP contribution in [0.2, 0.25) is 0 Å². The topological polar surface area (TPSA) is 0 Å². The van der Waals surface area contributed by atoms with Crippen molar-refractivity contribution in [2.75, 3.05) is 0 Å². The second kappa shape index (κ2) is 8.16. The highest BCUT2D eigenvalue weighted by atomic mass is 14.5. The Balaban J connectivity index is 1.60. The summed E-state index contributed by atoms with van der Waals surface area (Å²) < 4.78 is 0. The molecule has 178 valence electrons. The minimum Gasteiger partial charge on any atom is -0.0647 e. The Labute approximate surface area is 223 Å². The summed E-state index contributed by atoms with van der Waals surface area (Å²) in [6.07, 6.45) is 7.49. The van der Waals surface area contributed by atoms with Gasteiger partial charge in [0.2, 0.25) is 0 Å². The molecule has 0 amide bonds. The predicted molar refractivity (Wildman–Crippen MR) is 159 cm³/mol. The number of allylic oxidation sites excluding steroid dienone is 4. The lowest BCUT2D eigenvalue weighted by molar-refractivity contribution is 0.825. The molecular formula is C38H26. The maximum atomic E-state index is 2.59. The molecule has 1 unspecified atom stereocenters. The molecule has 0 N–H and O–H groups in total. The molecule has 3 aliphatic rings. The summed E-state index contributed by atoms with van der Waals surface area (Å²) in [5.41, 5.74) is 11.7. The average molecular weight is 483 g/mol. The Kier molecular flexibility index (Phi) is 4.60. The molecule has 0 radical (unpaired) electrons. The van der Waals surface area contributed by atoms with E-state index in [1.54, 1.807) is 0 Å². The summed E-state index contributed by atoms with van der Waals surface area (Å²) in [6, 6.07) is 48.9. The first kappa shape index (κ1) is 21.4. The van der Waals surface area contributed by atoms with Crippen molar-refractivity contribution in [3.63, 3.8) is 0 Å². The van der Waals surface area contributed by atoms with Gasteiger partial charge in [-0.05, 0) is 60.5 Å². The van der Waals surface area contributed by atoms with Crippen LogP contribution in [0.15, 0.2) is 145 Å². The van der Waals surface area contributed by atoms with Crippen molar-refractivity contribution in [2.45, 2.75) is 5.41 Å². The van der Waals surface area contributed by atoms with Crippen LogP contribution in [0.1, 0.15) is 22.3 Å². The highest BCUT2D eigenvalue weighted by Gasteiger charge is 2.49. The summed E-state index contributed by atoms with van der Waals surface area (Å²) in [7, 11) is 0. The van der Waals surface area contributed by atoms with Gasteiger partial charge in [-0.3, -0.25) is 0 Å². The molecule has 0 fully saturated rings. The first-order valence-corrected chi connectivity index (χ1v) is 13.4. The summed E-state index contributed by atoms with van der Waals surface area (Å²) in [5.74, 6) is 0.174. The van der Waals surface area contributed by atoms with Crippen molar-refractivity contribution >= 4 is 23.3 Å². The fourth-order valence-electron chi connectivity index (χ4n) is 7.03. The highest BCUT2D eigenvalue weighted by Crippen LogP contribution is 2.61. The van der Waals surface area contributed by atoms with E-state index in [2.05, 4.69) is 152 Å². The molecule has 0 saturated carbocycles. The van der Waals surface area contributed by atoms with Crippen molar-refractivity contribution in [3.8, 4) is 11.1 Å². The van der Waals surface area contributed by atoms with Crippen molar-refractivity contribution in [2.24, 2.45) is 5.92 Å². The van der Waals surface area contributed by atoms with Gasteiger partial charge in [-0.25, -0.2) is 0 Å². The van der Waals surface area contributed by atoms with Crippen LogP contribution < -0.4 is 10.4 Å². The second-order valence-corrected chi connectivity index (χ2v) is 10.5. The molecule has 0 bridgehead atoms. The monoisotopic (exact) mass is 482 g/mol. The fourth-order valence-corrected chi connectivity index (χ4v) is 7.03. The van der Waals surface area contributed by atoms with Crippen LogP contribution in [0.3, 0.4) is 0 Å². The highest BCUT2D eigenvalue weighted by molar-refractivity contribution is 6.08. The zero-order valence-electron chi connectivity index (χ0n) is 21.0. The Morgan fingerprint density at radius 3 is 1.66 bits per heavy atom. The van der Waals surface area contributed by atoms with E-state index in [-0.39, 0.29) is 11.3 Å². The van der Waals surface area contributed by atoms with E-state index in [0.717, 1.165) is 0 Å². The molecule has 0 saturated heterocycles. The summed E-state index contributed by atoms with van der Waals surface area (Å²) in [5, 5.41) is 2.60. The Hall–Kier alpha value is -4.68. The van der Waals surface area contributed by atoms with Gasteiger partial charge >= 0.3 is 0 Å². The van der Waals surface area contributed by atoms with E-state index in [0.29, 0.717) is 0 Å². The molecule has 1 atom stereocenters. The van der Waals surface area contributed by atoms with Crippen LogP contribution in [-0.4, -0.2) is 0 Å². The van der Waals surface area contributed by atoms with Gasteiger partial charge in [-0.1, -0.05) is 152 Å². The predicted octanol–water partition coefficient (Wildman–Crippen LogP) is 7.40. The van der Waals surface area contributed by atoms with Crippen molar-refractivity contribution in [1.82, 2.24) is 0 Å². The zero-order valence-corrected chi connectivity index (χ0v) is 21.0. The molecule has 0 nitrogen and oxygen atoms in total. The fraction of sp³-hybridized carbons (Fsp3) is 0.0526. The molecule has 0 heterocycles. The zero-order chi connectivity index (χ0) is 25.1. The third-order valence-electron chi connectivity index (χ3n) is 8.52. The quantitative estimate of drug-likeness (QED) is 0.246. The number of hydrogen-bond acceptors (Lipinski definition) is 0. The maximum Gasteiger partial charge on any atom is 0.0659 e. The first-order valence-electron chi connectivity index (χ1n) is 13.4. The van der Waals surface area contributed by atoms with Gasteiger partial charge in [-0.15, -0.1) is 0 Å². The maximum absolute atomic E-state index is 2.59. The van der Waals surface area contributed by atoms with Gasteiger partial charge in [0.15, 0.2) is 0 Å². The third kappa shape index (κ3) is 2.92. The van der Waals surface area contributed by atoms with Crippen molar-refractivity contribution in [1.29, 1.82) is 0 Å². The van der Waals surface area contributed by atoms with Crippen LogP contribution in [0.25, 0.3) is 34.4 Å². The van der Waals surface area contributed by atoms with Gasteiger partial charge in [0.25, 0.3) is 0 Å². The summed E-state index contributed by atoms with van der Waals surface area (Å²) >= 11 is 0. The largest absolute Gasteiger partial charge is 0.0659 e. The number of rotatable bonds is 2. The second-order valence-electron chi connectivity index (χ2n) is 10.5. The SMILES string of the molecule is C1=C2C=c3ccccc3=CC2C(c2ccccc2)=C(c2ccccc2)C12c1ccccc1-c1ccccc12. The van der Waals surface area contributed by atoms with E-state index in [9.17, 15) is 0 Å². The average Bonchev–Trinajstić information content (AvgIpc) is 3.26. The molecule has 5 aromatic rings. The summed E-state index contributed by atoms with van der Waals surface area (Å²) in [6.45, 7) is 0. The molecule has 5 aromatic carbocycles. The van der Waals surface area contributed by atoms with Gasteiger partial charge in [0.05, 0.1) is 5.41 Å². The molecule has 1 spiro atoms. The van der Waals surface area contributed by atoms with Gasteiger partial charge in [-0.2, -0.15) is 0 Å². The molecular weight excluding hydrogens is 456 g/mol. The Morgan fingerprint density at radius 2 is 1.00 bits per heavy atom.